The lowest BCUT2D eigenvalue weighted by Crippen LogP contribution is -2.35. The molecule has 0 unspecified atom stereocenters. The van der Waals surface area contributed by atoms with E-state index in [0.717, 1.165) is 16.7 Å². The van der Waals surface area contributed by atoms with E-state index in [2.05, 4.69) is 9.97 Å². The van der Waals surface area contributed by atoms with Gasteiger partial charge in [-0.2, -0.15) is 4.98 Å². The van der Waals surface area contributed by atoms with Crippen LogP contribution in [-0.2, 0) is 26.4 Å². The summed E-state index contributed by atoms with van der Waals surface area (Å²) in [5.41, 5.74) is 4.33. The monoisotopic (exact) mass is 502 g/mol. The van der Waals surface area contributed by atoms with Gasteiger partial charge in [0, 0.05) is 35.5 Å². The van der Waals surface area contributed by atoms with Crippen LogP contribution in [0.4, 0.5) is 9.59 Å². The molecule has 2 heterocycles. The van der Waals surface area contributed by atoms with Crippen LogP contribution in [0.3, 0.4) is 0 Å². The third-order valence-corrected chi connectivity index (χ3v) is 6.64. The maximum Gasteiger partial charge on any atom is 0.508 e. The van der Waals surface area contributed by atoms with Crippen LogP contribution in [0.1, 0.15) is 29.3 Å². The van der Waals surface area contributed by atoms with Gasteiger partial charge in [0.05, 0.1) is 37.0 Å². The van der Waals surface area contributed by atoms with Crippen LogP contribution in [0.2, 0.25) is 0 Å². The molecule has 0 spiro atoms. The number of carbonyl (C=O) groups excluding carboxylic acids is 2. The number of hydrogen-bond acceptors (Lipinski definition) is 8. The number of ether oxygens (including phenoxy) is 3. The van der Waals surface area contributed by atoms with E-state index in [4.69, 9.17) is 14.2 Å². The highest BCUT2D eigenvalue weighted by molar-refractivity contribution is 7.90. The minimum atomic E-state index is -1.68. The lowest BCUT2D eigenvalue weighted by molar-refractivity contribution is 0.0550. The van der Waals surface area contributed by atoms with Crippen LogP contribution in [0.15, 0.2) is 29.6 Å². The Morgan fingerprint density at radius 3 is 2.63 bits per heavy atom. The average Bonchev–Trinajstić information content (AvgIpc) is 3.19. The van der Waals surface area contributed by atoms with Gasteiger partial charge in [-0.3, -0.25) is 4.98 Å². The molecular weight excluding hydrogens is 472 g/mol. The van der Waals surface area contributed by atoms with E-state index < -0.39 is 23.4 Å². The molecule has 0 saturated carbocycles. The van der Waals surface area contributed by atoms with Gasteiger partial charge >= 0.3 is 17.3 Å². The molecule has 0 saturated heterocycles. The summed E-state index contributed by atoms with van der Waals surface area (Å²) in [6.45, 7) is 7.62. The first-order chi connectivity index (χ1) is 16.7. The fraction of sp³-hybridized carbons (Fsp3) is 0.417. The summed E-state index contributed by atoms with van der Waals surface area (Å²) < 4.78 is 30.0. The highest BCUT2D eigenvalue weighted by Gasteiger charge is 2.29. The van der Waals surface area contributed by atoms with Crippen molar-refractivity contribution in [2.75, 3.05) is 33.9 Å². The molecule has 3 rings (SSSR count). The van der Waals surface area contributed by atoms with Gasteiger partial charge in [0.2, 0.25) is 0 Å². The predicted molar refractivity (Wildman–Crippen MR) is 131 cm³/mol. The van der Waals surface area contributed by atoms with Crippen molar-refractivity contribution in [1.29, 1.82) is 0 Å². The van der Waals surface area contributed by atoms with Gasteiger partial charge in [-0.05, 0) is 45.4 Å². The lowest BCUT2D eigenvalue weighted by atomic mass is 10.1. The Bertz CT molecular complexity index is 1230. The van der Waals surface area contributed by atoms with Crippen molar-refractivity contribution in [1.82, 2.24) is 19.4 Å². The van der Waals surface area contributed by atoms with Gasteiger partial charge in [-0.1, -0.05) is 6.07 Å². The average molecular weight is 503 g/mol. The normalized spacial score (nSPS) is 11.9. The highest BCUT2D eigenvalue weighted by atomic mass is 32.2. The van der Waals surface area contributed by atoms with Gasteiger partial charge in [-0.15, -0.1) is 0 Å². The quantitative estimate of drug-likeness (QED) is 0.338. The molecule has 0 aliphatic carbocycles. The molecule has 0 N–H and O–H groups in total. The van der Waals surface area contributed by atoms with Crippen LogP contribution in [0.25, 0.3) is 11.0 Å². The van der Waals surface area contributed by atoms with Gasteiger partial charge < -0.3 is 23.7 Å². The maximum atomic E-state index is 13.5. The maximum absolute atomic E-state index is 13.5. The van der Waals surface area contributed by atoms with Crippen molar-refractivity contribution in [3.05, 3.63) is 46.8 Å². The number of nitrogens with zero attached hydrogens (tertiary/aromatic N) is 4. The molecule has 1 aromatic carbocycles. The summed E-state index contributed by atoms with van der Waals surface area (Å²) in [5, 5.41) is 0.120. The molecule has 35 heavy (non-hydrogen) atoms. The third-order valence-electron chi connectivity index (χ3n) is 5.43. The van der Waals surface area contributed by atoms with Crippen LogP contribution in [0, 0.1) is 20.8 Å². The second kappa shape index (κ2) is 11.4. The Morgan fingerprint density at radius 1 is 1.20 bits per heavy atom. The zero-order chi connectivity index (χ0) is 25.7. The van der Waals surface area contributed by atoms with Gasteiger partial charge in [-0.25, -0.2) is 14.2 Å². The fourth-order valence-corrected chi connectivity index (χ4v) is 4.85. The summed E-state index contributed by atoms with van der Waals surface area (Å²) in [6, 6.07) is 5.03. The second-order valence-corrected chi connectivity index (χ2v) is 9.34. The van der Waals surface area contributed by atoms with E-state index in [1.165, 1.54) is 9.47 Å². The van der Waals surface area contributed by atoms with Crippen molar-refractivity contribution in [2.24, 2.45) is 0 Å². The Kier molecular flexibility index (Phi) is 8.57. The molecule has 1 atom stereocenters. The number of benzene rings is 1. The Morgan fingerprint density at radius 2 is 1.94 bits per heavy atom. The van der Waals surface area contributed by atoms with Crippen molar-refractivity contribution < 1.29 is 28.4 Å². The lowest BCUT2D eigenvalue weighted by Gasteiger charge is -2.19. The number of likely N-dealkylation sites (N-methyl/N-ethyl adjacent to an activating group) is 1. The molecule has 188 valence electrons. The van der Waals surface area contributed by atoms with Gasteiger partial charge in [0.15, 0.2) is 5.75 Å². The predicted octanol–water partition coefficient (Wildman–Crippen LogP) is 3.75. The molecule has 0 aliphatic rings. The molecule has 0 aliphatic heterocycles. The number of imidazole rings is 1. The fourth-order valence-electron chi connectivity index (χ4n) is 3.60. The first-order valence-corrected chi connectivity index (χ1v) is 12.4. The van der Waals surface area contributed by atoms with Crippen molar-refractivity contribution in [3.63, 3.8) is 0 Å². The summed E-state index contributed by atoms with van der Waals surface area (Å²) in [5.74, 6) is 0.752. The minimum Gasteiger partial charge on any atom is -0.609 e. The zero-order valence-corrected chi connectivity index (χ0v) is 21.6. The van der Waals surface area contributed by atoms with E-state index in [1.54, 1.807) is 33.3 Å². The van der Waals surface area contributed by atoms with E-state index in [1.807, 2.05) is 32.9 Å². The number of methoxy groups -OCH3 is 1. The molecule has 2 aromatic heterocycles. The van der Waals surface area contributed by atoms with Crippen LogP contribution >= 0.6 is 0 Å². The van der Waals surface area contributed by atoms with Gasteiger partial charge in [0.1, 0.15) is 12.4 Å². The minimum absolute atomic E-state index is 0.0441. The van der Waals surface area contributed by atoms with Crippen LogP contribution in [0.5, 0.6) is 5.75 Å². The number of aromatic nitrogens is 3. The number of pyridine rings is 1. The Balaban J connectivity index is 1.91. The largest absolute Gasteiger partial charge is 0.609 e. The molecule has 0 fully saturated rings. The molecule has 10 nitrogen and oxygen atoms in total. The van der Waals surface area contributed by atoms with Crippen LogP contribution in [-0.4, -0.2) is 70.1 Å². The molecular formula is C24H30N4O6S. The number of hydrogen-bond donors (Lipinski definition) is 0. The topological polar surface area (TPSA) is 119 Å². The summed E-state index contributed by atoms with van der Waals surface area (Å²) >= 11 is -1.68. The SMILES string of the molecule is CCOC(=O)OCCN(C)C(=O)n1c([S@@+]([O-])Cc2ncc(C)c(OC)c2C)nc2cc(C)ccc21. The first kappa shape index (κ1) is 26.3. The number of carbonyl (C=O) groups is 2. The second-order valence-electron chi connectivity index (χ2n) is 7.99. The molecule has 3 aromatic rings. The number of fused-ring (bicyclic) bond motifs is 1. The summed E-state index contributed by atoms with van der Waals surface area (Å²) in [6.07, 6.45) is 0.878. The number of rotatable bonds is 8. The van der Waals surface area contributed by atoms with Crippen molar-refractivity contribution >= 4 is 34.4 Å². The highest BCUT2D eigenvalue weighted by Crippen LogP contribution is 2.28. The first-order valence-electron chi connectivity index (χ1n) is 11.1. The molecule has 11 heteroatoms. The van der Waals surface area contributed by atoms with E-state index >= 15 is 0 Å². The van der Waals surface area contributed by atoms with E-state index in [9.17, 15) is 14.1 Å². The smallest absolute Gasteiger partial charge is 0.508 e. The van der Waals surface area contributed by atoms with E-state index in [0.29, 0.717) is 22.5 Å². The summed E-state index contributed by atoms with van der Waals surface area (Å²) in [4.78, 5) is 35.2. The van der Waals surface area contributed by atoms with Crippen molar-refractivity contribution in [2.45, 2.75) is 38.6 Å². The molecule has 0 bridgehead atoms. The third kappa shape index (κ3) is 5.85. The standard InChI is InChI=1S/C24H30N4O6S/c1-7-33-24(30)34-11-10-27(5)23(29)28-20-9-8-15(2)12-18(20)26-22(28)35(31)14-19-17(4)21(32-6)16(3)13-25-19/h8-9,12-13H,7,10-11,14H2,1-6H3/t35-/m0/s1. The molecule has 0 radical (unpaired) electrons. The Hall–Kier alpha value is -3.31. The van der Waals surface area contributed by atoms with Gasteiger partial charge in [0.25, 0.3) is 0 Å². The Labute approximate surface area is 207 Å². The van der Waals surface area contributed by atoms with E-state index in [-0.39, 0.29) is 30.7 Å². The molecule has 1 amide bonds. The number of aryl methyl sites for hydroxylation is 2. The van der Waals surface area contributed by atoms with Crippen LogP contribution < -0.4 is 4.74 Å². The zero-order valence-electron chi connectivity index (χ0n) is 20.8. The number of amides is 1. The van der Waals surface area contributed by atoms with Crippen molar-refractivity contribution in [3.8, 4) is 5.75 Å². The summed E-state index contributed by atoms with van der Waals surface area (Å²) in [7, 11) is 3.15.